The molecule has 53 heavy (non-hydrogen) atoms. The lowest BCUT2D eigenvalue weighted by Gasteiger charge is -2.17. The molecule has 250 valence electrons. The Kier molecular flexibility index (Phi) is 7.83. The fourth-order valence-corrected chi connectivity index (χ4v) is 6.91. The van der Waals surface area contributed by atoms with Gasteiger partial charge in [0.05, 0.1) is 28.4 Å². The van der Waals surface area contributed by atoms with E-state index in [1.54, 1.807) is 18.2 Å². The first-order valence-electron chi connectivity index (χ1n) is 17.1. The Morgan fingerprint density at radius 1 is 0.453 bits per heavy atom. The van der Waals surface area contributed by atoms with E-state index in [0.29, 0.717) is 34.2 Å². The van der Waals surface area contributed by atoms with E-state index < -0.39 is 11.6 Å². The van der Waals surface area contributed by atoms with Crippen LogP contribution in [0.15, 0.2) is 164 Å². The smallest absolute Gasteiger partial charge is 0.166 e. The van der Waals surface area contributed by atoms with Crippen LogP contribution in [0.25, 0.3) is 83.9 Å². The molecule has 0 aliphatic heterocycles. The first-order valence-corrected chi connectivity index (χ1v) is 17.1. The van der Waals surface area contributed by atoms with E-state index in [-0.39, 0.29) is 5.56 Å². The summed E-state index contributed by atoms with van der Waals surface area (Å²) in [6.07, 6.45) is 0. The Balaban J connectivity index is 1.37. The van der Waals surface area contributed by atoms with Gasteiger partial charge in [0.15, 0.2) is 29.1 Å². The van der Waals surface area contributed by atoms with Crippen molar-refractivity contribution in [3.8, 4) is 68.2 Å². The van der Waals surface area contributed by atoms with Crippen LogP contribution in [-0.2, 0) is 0 Å². The van der Waals surface area contributed by atoms with Gasteiger partial charge >= 0.3 is 0 Å². The molecule has 0 fully saturated rings. The molecule has 0 bridgehead atoms. The summed E-state index contributed by atoms with van der Waals surface area (Å²) in [4.78, 5) is 15.0. The second-order valence-electron chi connectivity index (χ2n) is 12.6. The zero-order valence-electron chi connectivity index (χ0n) is 28.1. The van der Waals surface area contributed by atoms with Gasteiger partial charge in [-0.25, -0.2) is 23.7 Å². The number of hydrogen-bond donors (Lipinski definition) is 0. The third-order valence-corrected chi connectivity index (χ3v) is 9.44. The topological polar surface area (TPSA) is 67.4 Å². The van der Waals surface area contributed by atoms with Gasteiger partial charge in [0.25, 0.3) is 0 Å². The lowest BCUT2D eigenvalue weighted by atomic mass is 10.00. The molecule has 9 rings (SSSR count). The standard InChI is InChI=1S/C46H27F2N5/c47-39-19-10-18-35(43(39)48)34-22-24-41(38(26-34)46-51-44(30-12-3-1-4-13-30)50-45(52-46)31-14-5-2-6-15-31)53-40-20-8-7-17-36(40)37-23-21-33(27-42(37)53)32-16-9-11-29(25-32)28-49/h1-27H. The van der Waals surface area contributed by atoms with Gasteiger partial charge in [-0.15, -0.1) is 0 Å². The van der Waals surface area contributed by atoms with Crippen LogP contribution >= 0.6 is 0 Å². The Morgan fingerprint density at radius 2 is 1.06 bits per heavy atom. The average Bonchev–Trinajstić information content (AvgIpc) is 3.55. The molecule has 0 saturated carbocycles. The molecule has 0 aliphatic carbocycles. The first kappa shape index (κ1) is 31.7. The lowest BCUT2D eigenvalue weighted by Crippen LogP contribution is -2.04. The van der Waals surface area contributed by atoms with Crippen molar-refractivity contribution in [2.45, 2.75) is 0 Å². The predicted octanol–water partition coefficient (Wildman–Crippen LogP) is 11.5. The van der Waals surface area contributed by atoms with Crippen LogP contribution in [-0.4, -0.2) is 19.5 Å². The van der Waals surface area contributed by atoms with Crippen LogP contribution in [0.3, 0.4) is 0 Å². The molecule has 7 aromatic carbocycles. The van der Waals surface area contributed by atoms with Gasteiger partial charge in [0, 0.05) is 33.0 Å². The quantitative estimate of drug-likeness (QED) is 0.174. The number of fused-ring (bicyclic) bond motifs is 3. The Bertz CT molecular complexity index is 2820. The number of nitriles is 1. The number of rotatable bonds is 6. The van der Waals surface area contributed by atoms with Crippen LogP contribution < -0.4 is 0 Å². The zero-order chi connectivity index (χ0) is 35.9. The van der Waals surface area contributed by atoms with Crippen LogP contribution in [0.1, 0.15) is 5.56 Å². The van der Waals surface area contributed by atoms with Gasteiger partial charge in [-0.3, -0.25) is 0 Å². The van der Waals surface area contributed by atoms with E-state index >= 15 is 4.39 Å². The maximum atomic E-state index is 15.4. The summed E-state index contributed by atoms with van der Waals surface area (Å²) in [5.74, 6) is -0.538. The van der Waals surface area contributed by atoms with Crippen molar-refractivity contribution in [2.24, 2.45) is 0 Å². The number of aromatic nitrogens is 4. The second-order valence-corrected chi connectivity index (χ2v) is 12.6. The van der Waals surface area contributed by atoms with Gasteiger partial charge in [0.1, 0.15) is 0 Å². The number of para-hydroxylation sites is 1. The fourth-order valence-electron chi connectivity index (χ4n) is 6.91. The minimum atomic E-state index is -0.932. The van der Waals surface area contributed by atoms with Crippen LogP contribution in [0, 0.1) is 23.0 Å². The summed E-state index contributed by atoms with van der Waals surface area (Å²) >= 11 is 0. The molecule has 0 atom stereocenters. The Hall–Kier alpha value is -7.30. The van der Waals surface area contributed by atoms with Gasteiger partial charge in [-0.05, 0) is 59.2 Å². The van der Waals surface area contributed by atoms with Crippen molar-refractivity contribution in [3.63, 3.8) is 0 Å². The second kappa shape index (κ2) is 13.1. The molecule has 9 aromatic rings. The van der Waals surface area contributed by atoms with Crippen molar-refractivity contribution in [1.29, 1.82) is 5.26 Å². The van der Waals surface area contributed by atoms with Crippen molar-refractivity contribution in [2.75, 3.05) is 0 Å². The summed E-state index contributed by atoms with van der Waals surface area (Å²) in [7, 11) is 0. The van der Waals surface area contributed by atoms with E-state index in [2.05, 4.69) is 41.0 Å². The van der Waals surface area contributed by atoms with E-state index in [9.17, 15) is 9.65 Å². The molecule has 0 saturated heterocycles. The molecule has 0 radical (unpaired) electrons. The zero-order valence-corrected chi connectivity index (χ0v) is 28.1. The maximum absolute atomic E-state index is 15.4. The van der Waals surface area contributed by atoms with E-state index in [0.717, 1.165) is 55.8 Å². The molecule has 0 amide bonds. The highest BCUT2D eigenvalue weighted by atomic mass is 19.2. The molecular formula is C46H27F2N5. The van der Waals surface area contributed by atoms with E-state index in [4.69, 9.17) is 15.0 Å². The van der Waals surface area contributed by atoms with Gasteiger partial charge < -0.3 is 4.57 Å². The molecule has 5 nitrogen and oxygen atoms in total. The molecule has 0 unspecified atom stereocenters. The van der Waals surface area contributed by atoms with Crippen LogP contribution in [0.2, 0.25) is 0 Å². The van der Waals surface area contributed by atoms with Gasteiger partial charge in [0.2, 0.25) is 0 Å². The number of nitrogens with zero attached hydrogens (tertiary/aromatic N) is 5. The molecule has 0 spiro atoms. The van der Waals surface area contributed by atoms with Crippen molar-refractivity contribution in [3.05, 3.63) is 181 Å². The summed E-state index contributed by atoms with van der Waals surface area (Å²) in [5, 5.41) is 11.7. The summed E-state index contributed by atoms with van der Waals surface area (Å²) in [6.45, 7) is 0. The minimum absolute atomic E-state index is 0.125. The molecule has 7 heteroatoms. The molecule has 0 N–H and O–H groups in total. The number of halogens is 2. The highest BCUT2D eigenvalue weighted by Gasteiger charge is 2.22. The normalized spacial score (nSPS) is 11.2. The van der Waals surface area contributed by atoms with Crippen LogP contribution in [0.4, 0.5) is 8.78 Å². The lowest BCUT2D eigenvalue weighted by molar-refractivity contribution is 0.511. The van der Waals surface area contributed by atoms with Gasteiger partial charge in [-0.2, -0.15) is 5.26 Å². The van der Waals surface area contributed by atoms with Crippen molar-refractivity contribution < 1.29 is 8.78 Å². The number of benzene rings is 7. The van der Waals surface area contributed by atoms with Crippen LogP contribution in [0.5, 0.6) is 0 Å². The van der Waals surface area contributed by atoms with E-state index in [1.165, 1.54) is 6.07 Å². The third kappa shape index (κ3) is 5.69. The fraction of sp³-hybridized carbons (Fsp3) is 0. The molecule has 2 aromatic heterocycles. The molecular weight excluding hydrogens is 661 g/mol. The Labute approximate surface area is 303 Å². The summed E-state index contributed by atoms with van der Waals surface area (Å²) in [6, 6.07) is 53.3. The minimum Gasteiger partial charge on any atom is -0.308 e. The molecule has 0 aliphatic rings. The monoisotopic (exact) mass is 687 g/mol. The highest BCUT2D eigenvalue weighted by Crippen LogP contribution is 2.40. The van der Waals surface area contributed by atoms with Crippen molar-refractivity contribution in [1.82, 2.24) is 19.5 Å². The Morgan fingerprint density at radius 3 is 1.79 bits per heavy atom. The third-order valence-electron chi connectivity index (χ3n) is 9.44. The summed E-state index contributed by atoms with van der Waals surface area (Å²) < 4.78 is 32.2. The SMILES string of the molecule is N#Cc1cccc(-c2ccc3c4ccccc4n(-c4ccc(-c5cccc(F)c5F)cc4-c4nc(-c5ccccc5)nc(-c5ccccc5)n4)c3c2)c1. The largest absolute Gasteiger partial charge is 0.308 e. The maximum Gasteiger partial charge on any atom is 0.166 e. The first-order chi connectivity index (χ1) is 26.1. The number of hydrogen-bond acceptors (Lipinski definition) is 4. The highest BCUT2D eigenvalue weighted by molar-refractivity contribution is 6.10. The molecule has 2 heterocycles. The summed E-state index contributed by atoms with van der Waals surface area (Å²) in [5.41, 5.74) is 7.84. The van der Waals surface area contributed by atoms with Gasteiger partial charge in [-0.1, -0.05) is 121 Å². The predicted molar refractivity (Wildman–Crippen MR) is 206 cm³/mol. The average molecular weight is 688 g/mol. The van der Waals surface area contributed by atoms with E-state index in [1.807, 2.05) is 103 Å². The van der Waals surface area contributed by atoms with Crippen molar-refractivity contribution >= 4 is 21.8 Å².